The highest BCUT2D eigenvalue weighted by Gasteiger charge is 2.24. The second-order valence-electron chi connectivity index (χ2n) is 13.5. The van der Waals surface area contributed by atoms with Crippen LogP contribution < -0.4 is 16.4 Å². The van der Waals surface area contributed by atoms with E-state index in [-0.39, 0.29) is 11.5 Å². The maximum atomic E-state index is 11.5. The van der Waals surface area contributed by atoms with Crippen molar-refractivity contribution in [3.05, 3.63) is 152 Å². The third-order valence-corrected chi connectivity index (χ3v) is 10.7. The summed E-state index contributed by atoms with van der Waals surface area (Å²) in [5.74, 6) is 0.739. The summed E-state index contributed by atoms with van der Waals surface area (Å²) in [4.78, 5) is 5.05. The van der Waals surface area contributed by atoms with E-state index in [2.05, 4.69) is 127 Å². The molecule has 0 saturated heterocycles. The molecule has 0 radical (unpaired) electrons. The average Bonchev–Trinajstić information content (AvgIpc) is 3.58. The van der Waals surface area contributed by atoms with Crippen LogP contribution in [0.1, 0.15) is 0 Å². The lowest BCUT2D eigenvalue weighted by molar-refractivity contribution is 0.452. The quantitative estimate of drug-likeness (QED) is 0.170. The Morgan fingerprint density at radius 2 is 0.904 bits per heavy atom. The molecule has 9 rings (SSSR count). The molecular formula is C45H33B3N2O2. The van der Waals surface area contributed by atoms with Crippen molar-refractivity contribution >= 4 is 72.5 Å². The van der Waals surface area contributed by atoms with E-state index in [1.165, 1.54) is 49.4 Å². The average molecular weight is 666 g/mol. The molecule has 1 aromatic heterocycles. The Morgan fingerprint density at radius 3 is 1.56 bits per heavy atom. The Hall–Kier alpha value is -6.46. The van der Waals surface area contributed by atoms with Crippen LogP contribution in [0.2, 0.25) is 0 Å². The molecule has 7 heteroatoms. The molecule has 4 nitrogen and oxygen atoms in total. The molecule has 9 aromatic rings. The van der Waals surface area contributed by atoms with E-state index in [1.54, 1.807) is 0 Å². The number of hydrogen-bond acceptors (Lipinski definition) is 3. The second kappa shape index (κ2) is 12.4. The largest absolute Gasteiger partial charge is 0.506 e. The lowest BCUT2D eigenvalue weighted by atomic mass is 9.71. The third-order valence-electron chi connectivity index (χ3n) is 10.7. The van der Waals surface area contributed by atoms with E-state index in [9.17, 15) is 10.2 Å². The van der Waals surface area contributed by atoms with E-state index < -0.39 is 0 Å². The van der Waals surface area contributed by atoms with Crippen LogP contribution in [-0.4, -0.2) is 43.3 Å². The topological polar surface area (TPSA) is 58.3 Å². The molecule has 0 spiro atoms. The molecule has 0 saturated carbocycles. The summed E-state index contributed by atoms with van der Waals surface area (Å²) in [5.41, 5.74) is 12.2. The van der Waals surface area contributed by atoms with Crippen molar-refractivity contribution in [1.29, 1.82) is 0 Å². The molecule has 0 aliphatic rings. The lowest BCUT2D eigenvalue weighted by Crippen LogP contribution is -2.40. The van der Waals surface area contributed by atoms with Crippen LogP contribution in [0.15, 0.2) is 152 Å². The van der Waals surface area contributed by atoms with Gasteiger partial charge in [-0.15, -0.1) is 0 Å². The van der Waals surface area contributed by atoms with Gasteiger partial charge in [0, 0.05) is 5.56 Å². The number of imidazole rings is 1. The molecule has 0 amide bonds. The Morgan fingerprint density at radius 1 is 0.423 bits per heavy atom. The number of rotatable bonds is 5. The Balaban J connectivity index is 1.28. The standard InChI is InChI=1S/C45H33B3N2O2/c46-39-40(47)43(51)42(44(52)41(39)48)50-36-18-10-9-17-35(36)49-45(50)29-21-19-28(20-22-29)37-31-15-7-8-16-32(31)38(27-13-5-2-6-14-27)34-25-30(23-24-33(34)37)26-11-3-1-4-12-26/h1-25,51-52H,46-48H2. The van der Waals surface area contributed by atoms with E-state index >= 15 is 0 Å². The van der Waals surface area contributed by atoms with Gasteiger partial charge in [-0.05, 0) is 73.1 Å². The molecule has 244 valence electrons. The van der Waals surface area contributed by atoms with E-state index in [4.69, 9.17) is 4.98 Å². The first-order valence-corrected chi connectivity index (χ1v) is 17.6. The van der Waals surface area contributed by atoms with Gasteiger partial charge in [0.15, 0.2) is 0 Å². The molecule has 8 aromatic carbocycles. The minimum atomic E-state index is 0.0490. The van der Waals surface area contributed by atoms with Crippen LogP contribution in [-0.2, 0) is 0 Å². The van der Waals surface area contributed by atoms with Gasteiger partial charge in [0.1, 0.15) is 46.5 Å². The zero-order valence-electron chi connectivity index (χ0n) is 29.2. The Kier molecular flexibility index (Phi) is 7.51. The number of para-hydroxylation sites is 2. The highest BCUT2D eigenvalue weighted by molar-refractivity contribution is 6.59. The van der Waals surface area contributed by atoms with E-state index in [0.29, 0.717) is 11.5 Å². The maximum absolute atomic E-state index is 11.5. The maximum Gasteiger partial charge on any atom is 0.145 e. The smallest absolute Gasteiger partial charge is 0.145 e. The van der Waals surface area contributed by atoms with Crippen molar-refractivity contribution in [1.82, 2.24) is 9.55 Å². The number of aromatic nitrogens is 2. The van der Waals surface area contributed by atoms with Crippen molar-refractivity contribution in [2.75, 3.05) is 0 Å². The van der Waals surface area contributed by atoms with Crippen LogP contribution in [0.4, 0.5) is 0 Å². The summed E-state index contributed by atoms with van der Waals surface area (Å²) in [6.07, 6.45) is 0. The van der Waals surface area contributed by atoms with Gasteiger partial charge in [-0.1, -0.05) is 150 Å². The van der Waals surface area contributed by atoms with Gasteiger partial charge < -0.3 is 10.2 Å². The van der Waals surface area contributed by atoms with Gasteiger partial charge in [0.25, 0.3) is 0 Å². The van der Waals surface area contributed by atoms with E-state index in [1.807, 2.05) is 52.4 Å². The summed E-state index contributed by atoms with van der Waals surface area (Å²) in [5, 5.41) is 27.7. The SMILES string of the molecule is Bc1c(B)c(O)c(-n2c(-c3ccc(-c4c5ccccc5c(-c5ccccc5)c5cc(-c6ccccc6)ccc45)cc3)nc3ccccc32)c(O)c1B. The summed E-state index contributed by atoms with van der Waals surface area (Å²) in [6.45, 7) is 0. The number of hydrogen-bond donors (Lipinski definition) is 2. The molecular weight excluding hydrogens is 633 g/mol. The number of phenols is 2. The minimum absolute atomic E-state index is 0.0490. The Bertz CT molecular complexity index is 2800. The van der Waals surface area contributed by atoms with Crippen LogP contribution in [0.25, 0.3) is 83.0 Å². The van der Waals surface area contributed by atoms with Crippen molar-refractivity contribution < 1.29 is 10.2 Å². The van der Waals surface area contributed by atoms with Gasteiger partial charge in [-0.3, -0.25) is 4.57 Å². The van der Waals surface area contributed by atoms with Gasteiger partial charge >= 0.3 is 0 Å². The normalized spacial score (nSPS) is 11.5. The molecule has 0 aliphatic heterocycles. The van der Waals surface area contributed by atoms with E-state index in [0.717, 1.165) is 38.5 Å². The highest BCUT2D eigenvalue weighted by Crippen LogP contribution is 2.45. The first kappa shape index (κ1) is 31.5. The number of phenolic OH excluding ortho intramolecular Hbond substituents is 2. The van der Waals surface area contributed by atoms with Gasteiger partial charge in [-0.2, -0.15) is 0 Å². The zero-order chi connectivity index (χ0) is 35.5. The summed E-state index contributed by atoms with van der Waals surface area (Å²) in [6, 6.07) is 53.1. The predicted molar refractivity (Wildman–Crippen MR) is 226 cm³/mol. The summed E-state index contributed by atoms with van der Waals surface area (Å²) >= 11 is 0. The van der Waals surface area contributed by atoms with Crippen LogP contribution in [0.5, 0.6) is 11.5 Å². The monoisotopic (exact) mass is 666 g/mol. The zero-order valence-corrected chi connectivity index (χ0v) is 29.2. The molecule has 2 N–H and O–H groups in total. The molecule has 52 heavy (non-hydrogen) atoms. The fraction of sp³-hybridized carbons (Fsp3) is 0. The van der Waals surface area contributed by atoms with Crippen LogP contribution in [0.3, 0.4) is 0 Å². The van der Waals surface area contributed by atoms with Gasteiger partial charge in [0.05, 0.1) is 11.0 Å². The summed E-state index contributed by atoms with van der Waals surface area (Å²) < 4.78 is 1.89. The number of aromatic hydroxyl groups is 2. The van der Waals surface area contributed by atoms with Gasteiger partial charge in [-0.25, -0.2) is 4.98 Å². The number of benzene rings is 8. The first-order chi connectivity index (χ1) is 25.4. The van der Waals surface area contributed by atoms with Gasteiger partial charge in [0.2, 0.25) is 0 Å². The Labute approximate surface area is 304 Å². The van der Waals surface area contributed by atoms with Crippen LogP contribution in [0, 0.1) is 0 Å². The molecule has 0 aliphatic carbocycles. The van der Waals surface area contributed by atoms with Crippen molar-refractivity contribution in [2.24, 2.45) is 0 Å². The number of fused-ring (bicyclic) bond motifs is 3. The highest BCUT2D eigenvalue weighted by atomic mass is 16.3. The summed E-state index contributed by atoms with van der Waals surface area (Å²) in [7, 11) is 5.69. The molecule has 0 unspecified atom stereocenters. The fourth-order valence-corrected chi connectivity index (χ4v) is 7.76. The fourth-order valence-electron chi connectivity index (χ4n) is 7.76. The lowest BCUT2D eigenvalue weighted by Gasteiger charge is -2.20. The van der Waals surface area contributed by atoms with Crippen molar-refractivity contribution in [2.45, 2.75) is 0 Å². The number of nitrogens with zero attached hydrogens (tertiary/aromatic N) is 2. The third kappa shape index (κ3) is 4.92. The first-order valence-electron chi connectivity index (χ1n) is 17.6. The van der Waals surface area contributed by atoms with Crippen molar-refractivity contribution in [3.8, 4) is 62.0 Å². The molecule has 0 atom stereocenters. The molecule has 0 bridgehead atoms. The predicted octanol–water partition coefficient (Wildman–Crippen LogP) is 6.19. The van der Waals surface area contributed by atoms with Crippen LogP contribution >= 0.6 is 0 Å². The minimum Gasteiger partial charge on any atom is -0.506 e. The second-order valence-corrected chi connectivity index (χ2v) is 13.5. The molecule has 1 heterocycles. The van der Waals surface area contributed by atoms with Crippen molar-refractivity contribution in [3.63, 3.8) is 0 Å². The molecule has 0 fully saturated rings.